The quantitative estimate of drug-likeness (QED) is 0.827. The zero-order chi connectivity index (χ0) is 18.7. The Bertz CT molecular complexity index is 750. The van der Waals surface area contributed by atoms with Crippen molar-refractivity contribution in [1.82, 2.24) is 4.90 Å². The average Bonchev–Trinajstić information content (AvgIpc) is 2.66. The summed E-state index contributed by atoms with van der Waals surface area (Å²) in [4.78, 5) is 40.7. The topological polar surface area (TPSA) is 69.7 Å². The molecule has 0 spiro atoms. The maximum atomic E-state index is 12.6. The average molecular weight is 373 g/mol. The van der Waals surface area contributed by atoms with Crippen LogP contribution in [0.2, 0.25) is 0 Å². The molecule has 0 radical (unpaired) electrons. The van der Waals surface area contributed by atoms with Crippen LogP contribution in [0.15, 0.2) is 35.7 Å². The van der Waals surface area contributed by atoms with Crippen molar-refractivity contribution in [2.75, 3.05) is 35.6 Å². The number of fused-ring (bicyclic) bond motifs is 1. The molecule has 0 saturated carbocycles. The molecule has 2 aliphatic rings. The molecule has 1 aromatic rings. The monoisotopic (exact) mass is 373 g/mol. The van der Waals surface area contributed by atoms with Crippen molar-refractivity contribution in [2.45, 2.75) is 24.7 Å². The number of nitrogens with zero attached hydrogens (tertiary/aromatic N) is 2. The van der Waals surface area contributed by atoms with Gasteiger partial charge in [-0.05, 0) is 37.1 Å². The lowest BCUT2D eigenvalue weighted by molar-refractivity contribution is -0.130. The van der Waals surface area contributed by atoms with Crippen LogP contribution in [0.4, 0.5) is 11.4 Å². The number of hydrogen-bond donors (Lipinski definition) is 1. The molecular weight excluding hydrogens is 350 g/mol. The number of nitrogens with one attached hydrogen (secondary N) is 1. The number of likely N-dealkylation sites (tertiary alicyclic amines) is 1. The van der Waals surface area contributed by atoms with Gasteiger partial charge in [0.2, 0.25) is 17.7 Å². The molecule has 26 heavy (non-hydrogen) atoms. The van der Waals surface area contributed by atoms with Crippen molar-refractivity contribution in [3.63, 3.8) is 0 Å². The summed E-state index contributed by atoms with van der Waals surface area (Å²) in [7, 11) is 0. The highest BCUT2D eigenvalue weighted by atomic mass is 32.2. The summed E-state index contributed by atoms with van der Waals surface area (Å²) < 4.78 is 0. The molecule has 1 atom stereocenters. The molecule has 6 nitrogen and oxygen atoms in total. The Balaban J connectivity index is 1.72. The SMILES string of the molecule is C=CC(=O)N1CCCC(C(=O)Nc2ccc3c(c2)N(C(C)=O)CCS3)C1. The van der Waals surface area contributed by atoms with E-state index in [9.17, 15) is 14.4 Å². The second kappa shape index (κ2) is 7.95. The molecule has 1 unspecified atom stereocenters. The van der Waals surface area contributed by atoms with Crippen LogP contribution >= 0.6 is 11.8 Å². The molecule has 7 heteroatoms. The van der Waals surface area contributed by atoms with Crippen molar-refractivity contribution < 1.29 is 14.4 Å². The molecule has 3 amide bonds. The first-order chi connectivity index (χ1) is 12.5. The highest BCUT2D eigenvalue weighted by Gasteiger charge is 2.28. The third-order valence-corrected chi connectivity index (χ3v) is 5.79. The summed E-state index contributed by atoms with van der Waals surface area (Å²) in [6.45, 7) is 6.81. The van der Waals surface area contributed by atoms with Gasteiger partial charge in [0.05, 0.1) is 11.6 Å². The smallest absolute Gasteiger partial charge is 0.245 e. The number of thioether (sulfide) groups is 1. The van der Waals surface area contributed by atoms with Crippen molar-refractivity contribution in [3.8, 4) is 0 Å². The van der Waals surface area contributed by atoms with Gasteiger partial charge in [-0.3, -0.25) is 14.4 Å². The van der Waals surface area contributed by atoms with Gasteiger partial charge in [-0.15, -0.1) is 11.8 Å². The van der Waals surface area contributed by atoms with E-state index in [0.29, 0.717) is 25.3 Å². The Morgan fingerprint density at radius 2 is 2.12 bits per heavy atom. The zero-order valence-electron chi connectivity index (χ0n) is 14.9. The first-order valence-electron chi connectivity index (χ1n) is 8.76. The Morgan fingerprint density at radius 1 is 1.31 bits per heavy atom. The van der Waals surface area contributed by atoms with E-state index in [1.54, 1.807) is 28.5 Å². The molecule has 138 valence electrons. The van der Waals surface area contributed by atoms with E-state index in [-0.39, 0.29) is 23.6 Å². The lowest BCUT2D eigenvalue weighted by atomic mass is 9.97. The zero-order valence-corrected chi connectivity index (χ0v) is 15.7. The largest absolute Gasteiger partial charge is 0.338 e. The number of piperidine rings is 1. The minimum Gasteiger partial charge on any atom is -0.338 e. The molecule has 1 fully saturated rings. The fraction of sp³-hybridized carbons (Fsp3) is 0.421. The summed E-state index contributed by atoms with van der Waals surface area (Å²) in [6, 6.07) is 5.66. The van der Waals surface area contributed by atoms with Gasteiger partial charge in [0.15, 0.2) is 0 Å². The molecule has 2 aliphatic heterocycles. The number of benzene rings is 1. The van der Waals surface area contributed by atoms with Gasteiger partial charge < -0.3 is 15.1 Å². The number of anilines is 2. The summed E-state index contributed by atoms with van der Waals surface area (Å²) >= 11 is 1.71. The van der Waals surface area contributed by atoms with Gasteiger partial charge in [0.25, 0.3) is 0 Å². The number of carbonyl (C=O) groups excluding carboxylic acids is 3. The molecule has 0 aliphatic carbocycles. The first-order valence-corrected chi connectivity index (χ1v) is 9.75. The Morgan fingerprint density at radius 3 is 2.85 bits per heavy atom. The summed E-state index contributed by atoms with van der Waals surface area (Å²) in [5.41, 5.74) is 1.52. The Hall–Kier alpha value is -2.28. The molecule has 2 heterocycles. The van der Waals surface area contributed by atoms with E-state index in [2.05, 4.69) is 11.9 Å². The highest BCUT2D eigenvalue weighted by molar-refractivity contribution is 7.99. The number of rotatable bonds is 3. The summed E-state index contributed by atoms with van der Waals surface area (Å²) in [5.74, 6) is 0.408. The van der Waals surface area contributed by atoms with Crippen LogP contribution in [-0.2, 0) is 14.4 Å². The number of amides is 3. The van der Waals surface area contributed by atoms with Crippen LogP contribution in [0.5, 0.6) is 0 Å². The van der Waals surface area contributed by atoms with Gasteiger partial charge >= 0.3 is 0 Å². The molecule has 1 saturated heterocycles. The summed E-state index contributed by atoms with van der Waals surface area (Å²) in [6.07, 6.45) is 2.85. The predicted octanol–water partition coefficient (Wildman–Crippen LogP) is 2.51. The fourth-order valence-electron chi connectivity index (χ4n) is 3.39. The second-order valence-electron chi connectivity index (χ2n) is 6.52. The normalized spacial score (nSPS) is 19.5. The lowest BCUT2D eigenvalue weighted by Gasteiger charge is -2.31. The third kappa shape index (κ3) is 3.93. The van der Waals surface area contributed by atoms with E-state index in [4.69, 9.17) is 0 Å². The van der Waals surface area contributed by atoms with Gasteiger partial charge in [-0.1, -0.05) is 6.58 Å². The van der Waals surface area contributed by atoms with Gasteiger partial charge in [-0.25, -0.2) is 0 Å². The van der Waals surface area contributed by atoms with Crippen LogP contribution in [0.25, 0.3) is 0 Å². The highest BCUT2D eigenvalue weighted by Crippen LogP contribution is 2.36. The van der Waals surface area contributed by atoms with Crippen molar-refractivity contribution >= 4 is 40.9 Å². The minimum absolute atomic E-state index is 0.000821. The Labute approximate surface area is 157 Å². The van der Waals surface area contributed by atoms with Gasteiger partial charge in [0, 0.05) is 42.9 Å². The maximum absolute atomic E-state index is 12.6. The van der Waals surface area contributed by atoms with Crippen LogP contribution in [-0.4, -0.2) is 48.0 Å². The van der Waals surface area contributed by atoms with Gasteiger partial charge in [0.1, 0.15) is 0 Å². The second-order valence-corrected chi connectivity index (χ2v) is 7.66. The minimum atomic E-state index is -0.234. The number of hydrogen-bond acceptors (Lipinski definition) is 4. The van der Waals surface area contributed by atoms with E-state index in [1.165, 1.54) is 6.08 Å². The predicted molar refractivity (Wildman–Crippen MR) is 103 cm³/mol. The van der Waals surface area contributed by atoms with E-state index in [1.807, 2.05) is 18.2 Å². The molecule has 0 bridgehead atoms. The van der Waals surface area contributed by atoms with Crippen LogP contribution in [0.3, 0.4) is 0 Å². The van der Waals surface area contributed by atoms with Crippen LogP contribution in [0.1, 0.15) is 19.8 Å². The van der Waals surface area contributed by atoms with Crippen LogP contribution < -0.4 is 10.2 Å². The standard InChI is InChI=1S/C19H23N3O3S/c1-3-18(24)21-8-4-5-14(12-21)19(25)20-15-6-7-17-16(11-15)22(13(2)23)9-10-26-17/h3,6-7,11,14H,1,4-5,8-10,12H2,2H3,(H,20,25). The third-order valence-electron chi connectivity index (χ3n) is 4.75. The molecule has 1 N–H and O–H groups in total. The first kappa shape index (κ1) is 18.5. The van der Waals surface area contributed by atoms with E-state index >= 15 is 0 Å². The fourth-order valence-corrected chi connectivity index (χ4v) is 4.36. The lowest BCUT2D eigenvalue weighted by Crippen LogP contribution is -2.43. The maximum Gasteiger partial charge on any atom is 0.245 e. The van der Waals surface area contributed by atoms with Crippen molar-refractivity contribution in [3.05, 3.63) is 30.9 Å². The van der Waals surface area contributed by atoms with E-state index < -0.39 is 0 Å². The van der Waals surface area contributed by atoms with Crippen LogP contribution in [0, 0.1) is 5.92 Å². The van der Waals surface area contributed by atoms with Gasteiger partial charge in [-0.2, -0.15) is 0 Å². The molecule has 0 aromatic heterocycles. The molecular formula is C19H23N3O3S. The number of carbonyl (C=O) groups is 3. The van der Waals surface area contributed by atoms with Crippen molar-refractivity contribution in [1.29, 1.82) is 0 Å². The molecule has 3 rings (SSSR count). The Kier molecular flexibility index (Phi) is 5.66. The van der Waals surface area contributed by atoms with Crippen molar-refractivity contribution in [2.24, 2.45) is 5.92 Å². The summed E-state index contributed by atoms with van der Waals surface area (Å²) in [5, 5.41) is 2.95. The van der Waals surface area contributed by atoms with E-state index in [0.717, 1.165) is 29.2 Å². The molecule has 1 aromatic carbocycles.